The Labute approximate surface area is 105 Å². The van der Waals surface area contributed by atoms with Gasteiger partial charge in [0.1, 0.15) is 5.69 Å². The van der Waals surface area contributed by atoms with Crippen LogP contribution in [0.5, 0.6) is 0 Å². The highest BCUT2D eigenvalue weighted by Gasteiger charge is 2.29. The van der Waals surface area contributed by atoms with Crippen LogP contribution in [0.4, 0.5) is 0 Å². The van der Waals surface area contributed by atoms with E-state index in [0.717, 1.165) is 25.2 Å². The zero-order chi connectivity index (χ0) is 12.5. The van der Waals surface area contributed by atoms with Crippen molar-refractivity contribution in [1.29, 1.82) is 0 Å². The van der Waals surface area contributed by atoms with Gasteiger partial charge in [0.25, 0.3) is 5.91 Å². The highest BCUT2D eigenvalue weighted by atomic mass is 16.2. The molecular weight excluding hydrogens is 230 g/mol. The van der Waals surface area contributed by atoms with Crippen molar-refractivity contribution < 1.29 is 4.79 Å². The maximum Gasteiger partial charge on any atom is 0.272 e. The van der Waals surface area contributed by atoms with Gasteiger partial charge < -0.3 is 4.90 Å². The van der Waals surface area contributed by atoms with E-state index in [0.29, 0.717) is 11.6 Å². The molecule has 6 nitrogen and oxygen atoms in total. The van der Waals surface area contributed by atoms with Crippen molar-refractivity contribution in [3.05, 3.63) is 35.9 Å². The summed E-state index contributed by atoms with van der Waals surface area (Å²) >= 11 is 0. The van der Waals surface area contributed by atoms with Gasteiger partial charge in [-0.2, -0.15) is 10.2 Å². The van der Waals surface area contributed by atoms with Crippen molar-refractivity contribution in [1.82, 2.24) is 24.9 Å². The Morgan fingerprint density at radius 3 is 3.00 bits per heavy atom. The molecule has 6 heteroatoms. The first kappa shape index (κ1) is 11.0. The molecule has 1 atom stereocenters. The third kappa shape index (κ3) is 1.79. The molecule has 0 spiro atoms. The highest BCUT2D eigenvalue weighted by Crippen LogP contribution is 2.26. The fourth-order valence-corrected chi connectivity index (χ4v) is 2.44. The normalized spacial score (nSPS) is 19.4. The van der Waals surface area contributed by atoms with E-state index >= 15 is 0 Å². The van der Waals surface area contributed by atoms with Gasteiger partial charge in [-0.05, 0) is 18.6 Å². The minimum absolute atomic E-state index is 0.0528. The Bertz CT molecular complexity index is 545. The first-order chi connectivity index (χ1) is 8.75. The second-order valence-corrected chi connectivity index (χ2v) is 4.59. The Morgan fingerprint density at radius 2 is 2.33 bits per heavy atom. The Balaban J connectivity index is 1.73. The lowest BCUT2D eigenvalue weighted by Gasteiger charge is -2.16. The summed E-state index contributed by atoms with van der Waals surface area (Å²) < 4.78 is 1.62. The van der Waals surface area contributed by atoms with Gasteiger partial charge in [-0.1, -0.05) is 0 Å². The molecule has 0 unspecified atom stereocenters. The summed E-state index contributed by atoms with van der Waals surface area (Å²) in [7, 11) is 1.79. The van der Waals surface area contributed by atoms with Gasteiger partial charge in [-0.25, -0.2) is 0 Å². The smallest absolute Gasteiger partial charge is 0.272 e. The second kappa shape index (κ2) is 4.29. The minimum atomic E-state index is 0.0528. The van der Waals surface area contributed by atoms with Gasteiger partial charge >= 0.3 is 0 Å². The topological polar surface area (TPSA) is 66.8 Å². The fourth-order valence-electron chi connectivity index (χ4n) is 2.44. The number of aromatic nitrogens is 4. The van der Waals surface area contributed by atoms with E-state index in [1.54, 1.807) is 30.2 Å². The summed E-state index contributed by atoms with van der Waals surface area (Å²) in [5.41, 5.74) is 1.75. The number of rotatable bonds is 2. The molecule has 0 aromatic carbocycles. The first-order valence-electron chi connectivity index (χ1n) is 6.02. The molecule has 3 rings (SSSR count). The van der Waals surface area contributed by atoms with Crippen molar-refractivity contribution in [2.24, 2.45) is 7.05 Å². The number of H-pyrrole nitrogens is 1. The summed E-state index contributed by atoms with van der Waals surface area (Å²) in [5, 5.41) is 11.0. The third-order valence-corrected chi connectivity index (χ3v) is 3.48. The quantitative estimate of drug-likeness (QED) is 0.850. The highest BCUT2D eigenvalue weighted by molar-refractivity contribution is 5.92. The molecule has 1 saturated heterocycles. The molecule has 0 saturated carbocycles. The number of carbonyl (C=O) groups is 1. The number of aromatic amines is 1. The predicted molar refractivity (Wildman–Crippen MR) is 65.1 cm³/mol. The average molecular weight is 245 g/mol. The Kier molecular flexibility index (Phi) is 2.62. The standard InChI is InChI=1S/C12H15N5O/c1-16-11(3-6-14-16)12(18)17-7-4-9(8-17)10-2-5-13-15-10/h2-3,5-6,9H,4,7-8H2,1H3,(H,13,15)/t9-/m1/s1. The zero-order valence-electron chi connectivity index (χ0n) is 10.2. The van der Waals surface area contributed by atoms with Crippen LogP contribution in [-0.2, 0) is 7.05 Å². The SMILES string of the molecule is Cn1nccc1C(=O)N1CC[C@@H](c2ccn[nH]2)C1. The van der Waals surface area contributed by atoms with E-state index in [1.807, 2.05) is 11.0 Å². The predicted octanol–water partition coefficient (Wildman–Crippen LogP) is 0.773. The van der Waals surface area contributed by atoms with E-state index < -0.39 is 0 Å². The van der Waals surface area contributed by atoms with E-state index in [9.17, 15) is 4.79 Å². The van der Waals surface area contributed by atoms with Crippen LogP contribution in [0.3, 0.4) is 0 Å². The maximum absolute atomic E-state index is 12.3. The van der Waals surface area contributed by atoms with Gasteiger partial charge in [-0.3, -0.25) is 14.6 Å². The van der Waals surface area contributed by atoms with Gasteiger partial charge in [0.15, 0.2) is 0 Å². The van der Waals surface area contributed by atoms with Crippen LogP contribution in [0.15, 0.2) is 24.5 Å². The summed E-state index contributed by atoms with van der Waals surface area (Å²) in [6.45, 7) is 1.53. The molecule has 1 amide bonds. The Hall–Kier alpha value is -2.11. The van der Waals surface area contributed by atoms with Crippen molar-refractivity contribution >= 4 is 5.91 Å². The van der Waals surface area contributed by atoms with Crippen LogP contribution in [0.2, 0.25) is 0 Å². The van der Waals surface area contributed by atoms with Gasteiger partial charge in [0.05, 0.1) is 0 Å². The molecular formula is C12H15N5O. The van der Waals surface area contributed by atoms with Crippen LogP contribution in [0.25, 0.3) is 0 Å². The van der Waals surface area contributed by atoms with Crippen molar-refractivity contribution in [3.63, 3.8) is 0 Å². The van der Waals surface area contributed by atoms with Gasteiger partial charge in [0, 0.05) is 44.1 Å². The van der Waals surface area contributed by atoms with Crippen LogP contribution >= 0.6 is 0 Å². The lowest BCUT2D eigenvalue weighted by atomic mass is 10.1. The average Bonchev–Trinajstić information content (AvgIpc) is 3.09. The number of hydrogen-bond donors (Lipinski definition) is 1. The van der Waals surface area contributed by atoms with Crippen molar-refractivity contribution in [2.45, 2.75) is 12.3 Å². The van der Waals surface area contributed by atoms with E-state index in [2.05, 4.69) is 15.3 Å². The number of carbonyl (C=O) groups excluding carboxylic acids is 1. The van der Waals surface area contributed by atoms with Crippen LogP contribution < -0.4 is 0 Å². The molecule has 2 aromatic rings. The molecule has 2 aromatic heterocycles. The van der Waals surface area contributed by atoms with Crippen LogP contribution in [-0.4, -0.2) is 43.9 Å². The van der Waals surface area contributed by atoms with Crippen molar-refractivity contribution in [3.8, 4) is 0 Å². The minimum Gasteiger partial charge on any atom is -0.337 e. The molecule has 1 aliphatic heterocycles. The van der Waals surface area contributed by atoms with Crippen LogP contribution in [0.1, 0.15) is 28.5 Å². The molecule has 0 radical (unpaired) electrons. The van der Waals surface area contributed by atoms with Gasteiger partial charge in [-0.15, -0.1) is 0 Å². The molecule has 18 heavy (non-hydrogen) atoms. The maximum atomic E-state index is 12.3. The number of aryl methyl sites for hydroxylation is 1. The number of likely N-dealkylation sites (tertiary alicyclic amines) is 1. The molecule has 3 heterocycles. The fraction of sp³-hybridized carbons (Fsp3) is 0.417. The number of hydrogen-bond acceptors (Lipinski definition) is 3. The lowest BCUT2D eigenvalue weighted by Crippen LogP contribution is -2.30. The Morgan fingerprint density at radius 1 is 1.44 bits per heavy atom. The molecule has 1 aliphatic rings. The number of amides is 1. The summed E-state index contributed by atoms with van der Waals surface area (Å²) in [6.07, 6.45) is 4.38. The number of nitrogens with zero attached hydrogens (tertiary/aromatic N) is 4. The molecule has 1 N–H and O–H groups in total. The van der Waals surface area contributed by atoms with E-state index in [-0.39, 0.29) is 5.91 Å². The monoisotopic (exact) mass is 245 g/mol. The third-order valence-electron chi connectivity index (χ3n) is 3.48. The van der Waals surface area contributed by atoms with Crippen molar-refractivity contribution in [2.75, 3.05) is 13.1 Å². The molecule has 0 bridgehead atoms. The molecule has 0 aliphatic carbocycles. The van der Waals surface area contributed by atoms with E-state index in [4.69, 9.17) is 0 Å². The first-order valence-corrected chi connectivity index (χ1v) is 6.02. The largest absolute Gasteiger partial charge is 0.337 e. The van der Waals surface area contributed by atoms with Crippen LogP contribution in [0, 0.1) is 0 Å². The summed E-state index contributed by atoms with van der Waals surface area (Å²) in [5.74, 6) is 0.418. The second-order valence-electron chi connectivity index (χ2n) is 4.59. The summed E-state index contributed by atoms with van der Waals surface area (Å²) in [6, 6.07) is 3.73. The van der Waals surface area contributed by atoms with E-state index in [1.165, 1.54) is 0 Å². The zero-order valence-corrected chi connectivity index (χ0v) is 10.2. The van der Waals surface area contributed by atoms with Gasteiger partial charge in [0.2, 0.25) is 0 Å². The molecule has 94 valence electrons. The summed E-state index contributed by atoms with van der Waals surface area (Å²) in [4.78, 5) is 14.2. The lowest BCUT2D eigenvalue weighted by molar-refractivity contribution is 0.0780. The molecule has 1 fully saturated rings. The number of nitrogens with one attached hydrogen (secondary N) is 1.